The highest BCUT2D eigenvalue weighted by Crippen LogP contribution is 2.20. The summed E-state index contributed by atoms with van der Waals surface area (Å²) >= 11 is 0. The molecule has 0 aliphatic carbocycles. The molecule has 0 saturated carbocycles. The molecule has 1 aromatic heterocycles. The lowest BCUT2D eigenvalue weighted by molar-refractivity contribution is -0.385. The molecule has 0 unspecified atom stereocenters. The summed E-state index contributed by atoms with van der Waals surface area (Å²) in [5.74, 6) is 1.47. The first-order valence-corrected chi connectivity index (χ1v) is 9.04. The molecule has 1 N–H and O–H groups in total. The van der Waals surface area contributed by atoms with Crippen molar-refractivity contribution in [1.29, 1.82) is 0 Å². The van der Waals surface area contributed by atoms with Gasteiger partial charge in [0.05, 0.1) is 16.2 Å². The summed E-state index contributed by atoms with van der Waals surface area (Å²) in [6.07, 6.45) is 0. The lowest BCUT2D eigenvalue weighted by Crippen LogP contribution is -2.16. The van der Waals surface area contributed by atoms with Crippen molar-refractivity contribution in [2.24, 2.45) is 0 Å². The van der Waals surface area contributed by atoms with Gasteiger partial charge < -0.3 is 5.11 Å². The Bertz CT molecular complexity index is 609. The van der Waals surface area contributed by atoms with E-state index >= 15 is 0 Å². The van der Waals surface area contributed by atoms with Crippen LogP contribution in [0.4, 0.5) is 5.69 Å². The molecule has 1 aromatic rings. The van der Waals surface area contributed by atoms with Gasteiger partial charge in [-0.3, -0.25) is 10.1 Å². The van der Waals surface area contributed by atoms with Gasteiger partial charge in [-0.25, -0.2) is 9.78 Å². The standard InChI is InChI=1S/C12H14N2O4Si/c1-8-9(12(15)16)7-11(14(17)18)10(13-8)5-6-19(2,3)4/h7H,1-4H3,(H,15,16). The zero-order valence-electron chi connectivity index (χ0n) is 11.1. The van der Waals surface area contributed by atoms with E-state index in [1.54, 1.807) is 0 Å². The molecule has 1 rings (SSSR count). The number of nitrogens with zero attached hydrogens (tertiary/aromatic N) is 2. The zero-order chi connectivity index (χ0) is 14.8. The van der Waals surface area contributed by atoms with Crippen LogP contribution in [0.15, 0.2) is 6.07 Å². The molecule has 19 heavy (non-hydrogen) atoms. The summed E-state index contributed by atoms with van der Waals surface area (Å²) in [5, 5.41) is 19.9. The van der Waals surface area contributed by atoms with E-state index in [1.807, 2.05) is 19.6 Å². The van der Waals surface area contributed by atoms with Crippen molar-refractivity contribution in [3.05, 3.63) is 33.1 Å². The SMILES string of the molecule is Cc1nc(C#C[Si](C)(C)C)c([N+](=O)[O-])cc1C(=O)O. The van der Waals surface area contributed by atoms with Crippen LogP contribution in [0.5, 0.6) is 0 Å². The Morgan fingerprint density at radius 1 is 1.47 bits per heavy atom. The highest BCUT2D eigenvalue weighted by atomic mass is 28.3. The molecule has 0 atom stereocenters. The third-order valence-electron chi connectivity index (χ3n) is 2.18. The summed E-state index contributed by atoms with van der Waals surface area (Å²) in [6.45, 7) is 7.51. The van der Waals surface area contributed by atoms with Crippen LogP contribution in [0, 0.1) is 28.5 Å². The first-order valence-electron chi connectivity index (χ1n) is 5.54. The molecular weight excluding hydrogens is 264 g/mol. The topological polar surface area (TPSA) is 93.3 Å². The van der Waals surface area contributed by atoms with Crippen LogP contribution in [-0.4, -0.2) is 29.1 Å². The largest absolute Gasteiger partial charge is 0.478 e. The second-order valence-corrected chi connectivity index (χ2v) is 9.80. The molecule has 6 nitrogen and oxygen atoms in total. The van der Waals surface area contributed by atoms with Gasteiger partial charge in [0.2, 0.25) is 0 Å². The minimum atomic E-state index is -1.69. The van der Waals surface area contributed by atoms with Gasteiger partial charge in [0.25, 0.3) is 0 Å². The van der Waals surface area contributed by atoms with E-state index in [9.17, 15) is 14.9 Å². The molecule has 0 aromatic carbocycles. The van der Waals surface area contributed by atoms with Crippen LogP contribution in [0.25, 0.3) is 0 Å². The summed E-state index contributed by atoms with van der Waals surface area (Å²) in [5.41, 5.74) is 2.68. The quantitative estimate of drug-likeness (QED) is 0.387. The Labute approximate surface area is 111 Å². The number of aromatic carboxylic acids is 1. The Morgan fingerprint density at radius 3 is 2.47 bits per heavy atom. The highest BCUT2D eigenvalue weighted by Gasteiger charge is 2.20. The van der Waals surface area contributed by atoms with Crippen LogP contribution in [-0.2, 0) is 0 Å². The molecule has 0 amide bonds. The van der Waals surface area contributed by atoms with E-state index in [4.69, 9.17) is 5.11 Å². The number of aromatic nitrogens is 1. The van der Waals surface area contributed by atoms with Crippen molar-refractivity contribution < 1.29 is 14.8 Å². The maximum atomic E-state index is 10.9. The zero-order valence-corrected chi connectivity index (χ0v) is 12.1. The number of carboxylic acids is 1. The Morgan fingerprint density at radius 2 is 2.05 bits per heavy atom. The van der Waals surface area contributed by atoms with E-state index in [0.717, 1.165) is 6.07 Å². The number of carbonyl (C=O) groups is 1. The van der Waals surface area contributed by atoms with Gasteiger partial charge in [0, 0.05) is 6.07 Å². The van der Waals surface area contributed by atoms with E-state index in [-0.39, 0.29) is 22.6 Å². The van der Waals surface area contributed by atoms with Crippen molar-refractivity contribution in [3.8, 4) is 11.5 Å². The van der Waals surface area contributed by atoms with Gasteiger partial charge >= 0.3 is 11.7 Å². The maximum absolute atomic E-state index is 10.9. The lowest BCUT2D eigenvalue weighted by Gasteiger charge is -2.05. The molecule has 0 aliphatic heterocycles. The predicted molar refractivity (Wildman–Crippen MR) is 72.8 cm³/mol. The first-order chi connectivity index (χ1) is 8.61. The lowest BCUT2D eigenvalue weighted by atomic mass is 10.1. The molecule has 0 fully saturated rings. The number of carboxylic acid groups (broad SMARTS) is 1. The Hall–Kier alpha value is -2.20. The van der Waals surface area contributed by atoms with Gasteiger partial charge in [0.1, 0.15) is 8.07 Å². The van der Waals surface area contributed by atoms with E-state index in [0.29, 0.717) is 0 Å². The predicted octanol–water partition coefficient (Wildman–Crippen LogP) is 2.23. The molecule has 0 bridgehead atoms. The second-order valence-electron chi connectivity index (χ2n) is 5.05. The number of pyridine rings is 1. The van der Waals surface area contributed by atoms with Gasteiger partial charge in [-0.1, -0.05) is 19.6 Å². The minimum Gasteiger partial charge on any atom is -0.478 e. The van der Waals surface area contributed by atoms with E-state index in [2.05, 4.69) is 16.4 Å². The number of hydrogen-bond donors (Lipinski definition) is 1. The molecule has 100 valence electrons. The molecule has 7 heteroatoms. The van der Waals surface area contributed by atoms with Crippen LogP contribution in [0.1, 0.15) is 21.7 Å². The number of aryl methyl sites for hydroxylation is 1. The van der Waals surface area contributed by atoms with Crippen molar-refractivity contribution in [2.75, 3.05) is 0 Å². The van der Waals surface area contributed by atoms with Gasteiger partial charge in [-0.05, 0) is 12.8 Å². The third-order valence-corrected chi connectivity index (χ3v) is 3.05. The van der Waals surface area contributed by atoms with Crippen molar-refractivity contribution in [2.45, 2.75) is 26.6 Å². The smallest absolute Gasteiger partial charge is 0.337 e. The third kappa shape index (κ3) is 3.89. The summed E-state index contributed by atoms with van der Waals surface area (Å²) < 4.78 is 0. The monoisotopic (exact) mass is 278 g/mol. The van der Waals surface area contributed by atoms with Crippen LogP contribution in [0.2, 0.25) is 19.6 Å². The fourth-order valence-corrected chi connectivity index (χ4v) is 1.78. The number of hydrogen-bond acceptors (Lipinski definition) is 4. The van der Waals surface area contributed by atoms with Crippen molar-refractivity contribution >= 4 is 19.7 Å². The second kappa shape index (κ2) is 5.20. The van der Waals surface area contributed by atoms with Crippen LogP contribution in [0.3, 0.4) is 0 Å². The molecular formula is C12H14N2O4Si. The molecule has 0 spiro atoms. The summed E-state index contributed by atoms with van der Waals surface area (Å²) in [7, 11) is -1.69. The van der Waals surface area contributed by atoms with Gasteiger partial charge in [-0.2, -0.15) is 0 Å². The number of nitro groups is 1. The average Bonchev–Trinajstić information content (AvgIpc) is 2.24. The van der Waals surface area contributed by atoms with Crippen LogP contribution >= 0.6 is 0 Å². The minimum absolute atomic E-state index is 0.0231. The van der Waals surface area contributed by atoms with Gasteiger partial charge in [-0.15, -0.1) is 5.54 Å². The molecule has 0 saturated heterocycles. The summed E-state index contributed by atoms with van der Waals surface area (Å²) in [6, 6.07) is 1.01. The fraction of sp³-hybridized carbons (Fsp3) is 0.333. The highest BCUT2D eigenvalue weighted by molar-refractivity contribution is 6.83. The first kappa shape index (κ1) is 14.9. The summed E-state index contributed by atoms with van der Waals surface area (Å²) in [4.78, 5) is 25.2. The fourth-order valence-electron chi connectivity index (χ4n) is 1.29. The Balaban J connectivity index is 3.47. The molecule has 0 radical (unpaired) electrons. The normalized spacial score (nSPS) is 10.5. The van der Waals surface area contributed by atoms with Crippen molar-refractivity contribution in [1.82, 2.24) is 4.98 Å². The van der Waals surface area contributed by atoms with E-state index in [1.165, 1.54) is 6.92 Å². The number of rotatable bonds is 2. The average molecular weight is 278 g/mol. The van der Waals surface area contributed by atoms with Gasteiger partial charge in [0.15, 0.2) is 5.69 Å². The maximum Gasteiger partial charge on any atom is 0.337 e. The van der Waals surface area contributed by atoms with Crippen molar-refractivity contribution in [3.63, 3.8) is 0 Å². The molecule has 1 heterocycles. The van der Waals surface area contributed by atoms with Crippen LogP contribution < -0.4 is 0 Å². The Kier molecular flexibility index (Phi) is 4.06. The van der Waals surface area contributed by atoms with E-state index < -0.39 is 19.0 Å². The molecule has 0 aliphatic rings.